The van der Waals surface area contributed by atoms with E-state index in [1.54, 1.807) is 12.3 Å². The highest BCUT2D eigenvalue weighted by molar-refractivity contribution is 5.75. The van der Waals surface area contributed by atoms with Crippen LogP contribution in [0.25, 0.3) is 11.3 Å². The third-order valence-corrected chi connectivity index (χ3v) is 3.10. The fraction of sp³-hybridized carbons (Fsp3) is 0.286. The van der Waals surface area contributed by atoms with Crippen molar-refractivity contribution in [2.24, 2.45) is 0 Å². The predicted molar refractivity (Wildman–Crippen MR) is 67.1 cm³/mol. The SMILES string of the molecule is Fc1ccc(N2CCOCC2)c(-c2ccco2)c1. The molecule has 3 rings (SSSR count). The summed E-state index contributed by atoms with van der Waals surface area (Å²) in [4.78, 5) is 2.20. The summed E-state index contributed by atoms with van der Waals surface area (Å²) in [6, 6.07) is 8.46. The number of rotatable bonds is 2. The number of furan rings is 1. The van der Waals surface area contributed by atoms with Gasteiger partial charge in [-0.3, -0.25) is 0 Å². The lowest BCUT2D eigenvalue weighted by Gasteiger charge is -2.30. The molecule has 1 saturated heterocycles. The van der Waals surface area contributed by atoms with Crippen LogP contribution < -0.4 is 4.90 Å². The van der Waals surface area contributed by atoms with Crippen molar-refractivity contribution in [2.75, 3.05) is 31.2 Å². The Morgan fingerprint density at radius 2 is 1.94 bits per heavy atom. The second kappa shape index (κ2) is 4.82. The molecule has 18 heavy (non-hydrogen) atoms. The predicted octanol–water partition coefficient (Wildman–Crippen LogP) is 2.92. The molecule has 1 aliphatic rings. The van der Waals surface area contributed by atoms with Gasteiger partial charge < -0.3 is 14.1 Å². The zero-order valence-corrected chi connectivity index (χ0v) is 9.93. The molecule has 4 heteroatoms. The van der Waals surface area contributed by atoms with Crippen LogP contribution in [-0.4, -0.2) is 26.3 Å². The zero-order valence-electron chi connectivity index (χ0n) is 9.93. The minimum atomic E-state index is -0.251. The lowest BCUT2D eigenvalue weighted by molar-refractivity contribution is 0.122. The summed E-state index contributed by atoms with van der Waals surface area (Å²) in [6.07, 6.45) is 1.60. The largest absolute Gasteiger partial charge is 0.464 e. The Kier molecular flexibility index (Phi) is 3.02. The van der Waals surface area contributed by atoms with Crippen molar-refractivity contribution in [3.63, 3.8) is 0 Å². The number of benzene rings is 1. The Morgan fingerprint density at radius 1 is 1.11 bits per heavy atom. The summed E-state index contributed by atoms with van der Waals surface area (Å²) in [6.45, 7) is 3.04. The molecule has 1 aliphatic heterocycles. The minimum absolute atomic E-state index is 0.251. The van der Waals surface area contributed by atoms with Gasteiger partial charge in [0.05, 0.1) is 19.5 Å². The van der Waals surface area contributed by atoms with E-state index in [0.29, 0.717) is 19.0 Å². The lowest BCUT2D eigenvalue weighted by Crippen LogP contribution is -2.36. The Bertz CT molecular complexity index is 519. The van der Waals surface area contributed by atoms with Crippen LogP contribution in [0, 0.1) is 5.82 Å². The molecule has 2 heterocycles. The molecule has 1 aromatic heterocycles. The van der Waals surface area contributed by atoms with E-state index in [1.807, 2.05) is 12.1 Å². The molecule has 0 bridgehead atoms. The van der Waals surface area contributed by atoms with E-state index in [4.69, 9.17) is 9.15 Å². The smallest absolute Gasteiger partial charge is 0.136 e. The highest BCUT2D eigenvalue weighted by atomic mass is 19.1. The molecule has 0 aliphatic carbocycles. The van der Waals surface area contributed by atoms with Gasteiger partial charge in [0.25, 0.3) is 0 Å². The first-order valence-electron chi connectivity index (χ1n) is 6.01. The monoisotopic (exact) mass is 247 g/mol. The maximum atomic E-state index is 13.4. The molecule has 0 N–H and O–H groups in total. The van der Waals surface area contributed by atoms with Crippen molar-refractivity contribution in [1.82, 2.24) is 0 Å². The quantitative estimate of drug-likeness (QED) is 0.816. The van der Waals surface area contributed by atoms with Crippen LogP contribution in [0.1, 0.15) is 0 Å². The topological polar surface area (TPSA) is 25.6 Å². The standard InChI is InChI=1S/C14H14FNO2/c15-11-3-4-13(16-5-8-17-9-6-16)12(10-11)14-2-1-7-18-14/h1-4,7,10H,5-6,8-9H2. The number of nitrogens with zero attached hydrogens (tertiary/aromatic N) is 1. The molecule has 0 saturated carbocycles. The fourth-order valence-corrected chi connectivity index (χ4v) is 2.22. The van der Waals surface area contributed by atoms with Gasteiger partial charge in [0.2, 0.25) is 0 Å². The van der Waals surface area contributed by atoms with E-state index < -0.39 is 0 Å². The summed E-state index contributed by atoms with van der Waals surface area (Å²) in [5, 5.41) is 0. The van der Waals surface area contributed by atoms with Crippen molar-refractivity contribution in [2.45, 2.75) is 0 Å². The van der Waals surface area contributed by atoms with E-state index in [0.717, 1.165) is 24.3 Å². The normalized spacial score (nSPS) is 15.9. The number of hydrogen-bond donors (Lipinski definition) is 0. The number of morpholine rings is 1. The molecule has 1 fully saturated rings. The van der Waals surface area contributed by atoms with Gasteiger partial charge in [-0.2, -0.15) is 0 Å². The van der Waals surface area contributed by atoms with Gasteiger partial charge in [0.1, 0.15) is 11.6 Å². The van der Waals surface area contributed by atoms with Crippen LogP contribution in [0.3, 0.4) is 0 Å². The van der Waals surface area contributed by atoms with E-state index in [-0.39, 0.29) is 5.82 Å². The minimum Gasteiger partial charge on any atom is -0.464 e. The summed E-state index contributed by atoms with van der Waals surface area (Å²) in [5.74, 6) is 0.439. The first-order valence-corrected chi connectivity index (χ1v) is 6.01. The van der Waals surface area contributed by atoms with E-state index in [1.165, 1.54) is 12.1 Å². The molecule has 0 unspecified atom stereocenters. The Morgan fingerprint density at radius 3 is 2.67 bits per heavy atom. The fourth-order valence-electron chi connectivity index (χ4n) is 2.22. The number of anilines is 1. The maximum Gasteiger partial charge on any atom is 0.136 e. The van der Waals surface area contributed by atoms with Crippen LogP contribution in [0.15, 0.2) is 41.0 Å². The first-order chi connectivity index (χ1) is 8.84. The van der Waals surface area contributed by atoms with Gasteiger partial charge in [-0.15, -0.1) is 0 Å². The van der Waals surface area contributed by atoms with Crippen molar-refractivity contribution in [3.05, 3.63) is 42.4 Å². The molecule has 2 aromatic rings. The van der Waals surface area contributed by atoms with Gasteiger partial charge in [0, 0.05) is 24.3 Å². The van der Waals surface area contributed by atoms with E-state index >= 15 is 0 Å². The first kappa shape index (κ1) is 11.3. The van der Waals surface area contributed by atoms with Crippen molar-refractivity contribution < 1.29 is 13.5 Å². The van der Waals surface area contributed by atoms with E-state index in [2.05, 4.69) is 4.90 Å². The summed E-state index contributed by atoms with van der Waals surface area (Å²) in [5.41, 5.74) is 1.79. The molecule has 1 aromatic carbocycles. The second-order valence-corrected chi connectivity index (χ2v) is 4.24. The molecule has 0 spiro atoms. The number of hydrogen-bond acceptors (Lipinski definition) is 3. The molecular formula is C14H14FNO2. The van der Waals surface area contributed by atoms with Crippen molar-refractivity contribution in [1.29, 1.82) is 0 Å². The average Bonchev–Trinajstić information content (AvgIpc) is 2.93. The Balaban J connectivity index is 2.02. The summed E-state index contributed by atoms with van der Waals surface area (Å²) in [7, 11) is 0. The van der Waals surface area contributed by atoms with Gasteiger partial charge >= 0.3 is 0 Å². The van der Waals surface area contributed by atoms with Crippen LogP contribution >= 0.6 is 0 Å². The zero-order chi connectivity index (χ0) is 12.4. The van der Waals surface area contributed by atoms with Gasteiger partial charge in [-0.25, -0.2) is 4.39 Å². The van der Waals surface area contributed by atoms with Crippen LogP contribution in [0.2, 0.25) is 0 Å². The van der Waals surface area contributed by atoms with Gasteiger partial charge in [-0.05, 0) is 30.3 Å². The third kappa shape index (κ3) is 2.11. The summed E-state index contributed by atoms with van der Waals surface area (Å²) < 4.78 is 24.1. The summed E-state index contributed by atoms with van der Waals surface area (Å²) >= 11 is 0. The van der Waals surface area contributed by atoms with Crippen LogP contribution in [0.4, 0.5) is 10.1 Å². The lowest BCUT2D eigenvalue weighted by atomic mass is 10.1. The van der Waals surface area contributed by atoms with Crippen LogP contribution in [0.5, 0.6) is 0 Å². The molecule has 94 valence electrons. The molecular weight excluding hydrogens is 233 g/mol. The maximum absolute atomic E-state index is 13.4. The van der Waals surface area contributed by atoms with Crippen molar-refractivity contribution in [3.8, 4) is 11.3 Å². The number of halogens is 1. The molecule has 0 radical (unpaired) electrons. The van der Waals surface area contributed by atoms with Gasteiger partial charge in [-0.1, -0.05) is 0 Å². The highest BCUT2D eigenvalue weighted by Gasteiger charge is 2.17. The van der Waals surface area contributed by atoms with E-state index in [9.17, 15) is 4.39 Å². The highest BCUT2D eigenvalue weighted by Crippen LogP contribution is 2.32. The third-order valence-electron chi connectivity index (χ3n) is 3.10. The Hall–Kier alpha value is -1.81. The molecule has 3 nitrogen and oxygen atoms in total. The number of ether oxygens (including phenoxy) is 1. The molecule has 0 amide bonds. The molecule has 0 atom stereocenters. The Labute approximate surface area is 105 Å². The second-order valence-electron chi connectivity index (χ2n) is 4.24. The average molecular weight is 247 g/mol. The van der Waals surface area contributed by atoms with Gasteiger partial charge in [0.15, 0.2) is 0 Å². The van der Waals surface area contributed by atoms with Crippen molar-refractivity contribution >= 4 is 5.69 Å². The van der Waals surface area contributed by atoms with Crippen LogP contribution in [-0.2, 0) is 4.74 Å².